The van der Waals surface area contributed by atoms with Crippen molar-refractivity contribution in [3.63, 3.8) is 0 Å². The van der Waals surface area contributed by atoms with E-state index in [1.807, 2.05) is 24.3 Å². The lowest BCUT2D eigenvalue weighted by atomic mass is 10.2. The Bertz CT molecular complexity index is 725. The van der Waals surface area contributed by atoms with Crippen LogP contribution in [0.4, 0.5) is 0 Å². The predicted molar refractivity (Wildman–Crippen MR) is 106 cm³/mol. The van der Waals surface area contributed by atoms with Crippen LogP contribution in [-0.2, 0) is 4.74 Å². The number of nitrogens with zero attached hydrogens (tertiary/aromatic N) is 2. The number of morpholine rings is 1. The van der Waals surface area contributed by atoms with E-state index in [0.717, 1.165) is 36.6 Å². The Morgan fingerprint density at radius 1 is 1.31 bits per heavy atom. The lowest BCUT2D eigenvalue weighted by molar-refractivity contribution is -0.0679. The fourth-order valence-corrected chi connectivity index (χ4v) is 4.10. The molecule has 0 spiro atoms. The van der Waals surface area contributed by atoms with Crippen LogP contribution in [0.1, 0.15) is 30.8 Å². The van der Waals surface area contributed by atoms with Crippen LogP contribution in [0, 0.1) is 0 Å². The van der Waals surface area contributed by atoms with Crippen LogP contribution >= 0.6 is 22.9 Å². The third-order valence-electron chi connectivity index (χ3n) is 4.26. The molecule has 1 aromatic carbocycles. The third-order valence-corrected chi connectivity index (χ3v) is 5.40. The molecule has 2 heterocycles. The molecule has 3 rings (SSSR count). The largest absolute Gasteiger partial charge is 0.373 e. The summed E-state index contributed by atoms with van der Waals surface area (Å²) in [6.45, 7) is 7.72. The highest BCUT2D eigenvalue weighted by atomic mass is 35.5. The van der Waals surface area contributed by atoms with Gasteiger partial charge in [0.2, 0.25) is 0 Å². The number of benzene rings is 1. The second-order valence-corrected chi connectivity index (χ2v) is 7.97. The fourth-order valence-electron chi connectivity index (χ4n) is 3.17. The predicted octanol–water partition coefficient (Wildman–Crippen LogP) is 3.69. The quantitative estimate of drug-likeness (QED) is 0.760. The van der Waals surface area contributed by atoms with Gasteiger partial charge in [-0.05, 0) is 32.4 Å². The number of aromatic nitrogens is 1. The number of hydrogen-bond donors (Lipinski definition) is 1. The summed E-state index contributed by atoms with van der Waals surface area (Å²) in [6, 6.07) is 7.47. The molecule has 1 saturated heterocycles. The molecule has 1 aromatic heterocycles. The molecule has 26 heavy (non-hydrogen) atoms. The van der Waals surface area contributed by atoms with Crippen LogP contribution in [0.15, 0.2) is 29.6 Å². The molecule has 1 aliphatic rings. The van der Waals surface area contributed by atoms with Gasteiger partial charge in [-0.15, -0.1) is 11.3 Å². The van der Waals surface area contributed by atoms with Gasteiger partial charge in [0.25, 0.3) is 5.91 Å². The van der Waals surface area contributed by atoms with Crippen LogP contribution in [0.2, 0.25) is 5.02 Å². The summed E-state index contributed by atoms with van der Waals surface area (Å²) >= 11 is 7.37. The Hall–Kier alpha value is -1.47. The number of nitrogens with one attached hydrogen (secondary N) is 1. The minimum Gasteiger partial charge on any atom is -0.373 e. The topological polar surface area (TPSA) is 54.5 Å². The summed E-state index contributed by atoms with van der Waals surface area (Å²) in [5.41, 5.74) is 1.43. The third kappa shape index (κ3) is 5.27. The highest BCUT2D eigenvalue weighted by Crippen LogP contribution is 2.25. The second kappa shape index (κ2) is 8.95. The van der Waals surface area contributed by atoms with Gasteiger partial charge < -0.3 is 10.1 Å². The monoisotopic (exact) mass is 393 g/mol. The van der Waals surface area contributed by atoms with E-state index in [-0.39, 0.29) is 18.1 Å². The van der Waals surface area contributed by atoms with Crippen LogP contribution in [0.25, 0.3) is 10.6 Å². The van der Waals surface area contributed by atoms with Crippen molar-refractivity contribution in [2.24, 2.45) is 0 Å². The summed E-state index contributed by atoms with van der Waals surface area (Å²) in [4.78, 5) is 19.1. The van der Waals surface area contributed by atoms with Crippen LogP contribution in [0.3, 0.4) is 0 Å². The molecule has 1 aliphatic heterocycles. The van der Waals surface area contributed by atoms with Gasteiger partial charge in [-0.2, -0.15) is 0 Å². The minimum atomic E-state index is -0.120. The van der Waals surface area contributed by atoms with Gasteiger partial charge in [0.15, 0.2) is 0 Å². The van der Waals surface area contributed by atoms with Crippen molar-refractivity contribution in [2.45, 2.75) is 32.5 Å². The van der Waals surface area contributed by atoms with Gasteiger partial charge >= 0.3 is 0 Å². The Morgan fingerprint density at radius 2 is 2.00 bits per heavy atom. The Labute approximate surface area is 163 Å². The molecule has 1 N–H and O–H groups in total. The zero-order chi connectivity index (χ0) is 18.5. The van der Waals surface area contributed by atoms with Crippen molar-refractivity contribution in [1.82, 2.24) is 15.2 Å². The highest BCUT2D eigenvalue weighted by Gasteiger charge is 2.21. The van der Waals surface area contributed by atoms with Gasteiger partial charge in [0.05, 0.1) is 12.2 Å². The van der Waals surface area contributed by atoms with E-state index in [1.165, 1.54) is 11.3 Å². The van der Waals surface area contributed by atoms with E-state index in [0.29, 0.717) is 17.3 Å². The molecule has 0 saturated carbocycles. The zero-order valence-electron chi connectivity index (χ0n) is 15.1. The lowest BCUT2D eigenvalue weighted by Crippen LogP contribution is -2.46. The van der Waals surface area contributed by atoms with Crippen LogP contribution in [0.5, 0.6) is 0 Å². The Kier molecular flexibility index (Phi) is 6.64. The van der Waals surface area contributed by atoms with Crippen molar-refractivity contribution in [3.8, 4) is 10.6 Å². The molecule has 2 aromatic rings. The molecule has 7 heteroatoms. The van der Waals surface area contributed by atoms with Crippen molar-refractivity contribution in [3.05, 3.63) is 40.4 Å². The Balaban J connectivity index is 1.44. The first-order valence-corrected chi connectivity index (χ1v) is 10.1. The van der Waals surface area contributed by atoms with E-state index in [1.54, 1.807) is 5.38 Å². The molecular weight excluding hydrogens is 370 g/mol. The summed E-state index contributed by atoms with van der Waals surface area (Å²) in [5, 5.41) is 6.27. The maximum atomic E-state index is 12.3. The number of rotatable bonds is 6. The standard InChI is InChI=1S/C19H24ClN3O2S/c1-13-10-23(11-14(2)25-13)9-3-8-21-18(24)17-12-26-19(22-17)15-4-6-16(20)7-5-15/h4-7,12-14H,3,8-11H2,1-2H3,(H,21,24). The molecule has 2 unspecified atom stereocenters. The number of carbonyl (C=O) groups excluding carboxylic acids is 1. The van der Waals surface area contributed by atoms with E-state index < -0.39 is 0 Å². The van der Waals surface area contributed by atoms with Gasteiger partial charge in [-0.3, -0.25) is 9.69 Å². The number of ether oxygens (including phenoxy) is 1. The fraction of sp³-hybridized carbons (Fsp3) is 0.474. The first kappa shape index (κ1) is 19.3. The van der Waals surface area contributed by atoms with E-state index >= 15 is 0 Å². The van der Waals surface area contributed by atoms with Gasteiger partial charge in [0.1, 0.15) is 10.7 Å². The van der Waals surface area contributed by atoms with E-state index in [2.05, 4.69) is 29.0 Å². The van der Waals surface area contributed by atoms with Crippen molar-refractivity contribution >= 4 is 28.8 Å². The SMILES string of the molecule is CC1CN(CCCNC(=O)c2csc(-c3ccc(Cl)cc3)n2)CC(C)O1. The number of hydrogen-bond acceptors (Lipinski definition) is 5. The molecule has 0 aliphatic carbocycles. The second-order valence-electron chi connectivity index (χ2n) is 6.67. The summed E-state index contributed by atoms with van der Waals surface area (Å²) in [5.74, 6) is -0.120. The van der Waals surface area contributed by atoms with Crippen LogP contribution < -0.4 is 5.32 Å². The van der Waals surface area contributed by atoms with E-state index in [9.17, 15) is 4.79 Å². The van der Waals surface area contributed by atoms with Crippen molar-refractivity contribution in [1.29, 1.82) is 0 Å². The normalized spacial score (nSPS) is 20.9. The number of halogens is 1. The maximum Gasteiger partial charge on any atom is 0.270 e. The molecule has 1 amide bonds. The zero-order valence-corrected chi connectivity index (χ0v) is 16.6. The molecule has 0 radical (unpaired) electrons. The molecular formula is C19H24ClN3O2S. The van der Waals surface area contributed by atoms with Crippen molar-refractivity contribution < 1.29 is 9.53 Å². The number of amides is 1. The average Bonchev–Trinajstić information content (AvgIpc) is 3.08. The first-order chi connectivity index (χ1) is 12.5. The highest BCUT2D eigenvalue weighted by molar-refractivity contribution is 7.13. The van der Waals surface area contributed by atoms with Gasteiger partial charge in [-0.1, -0.05) is 23.7 Å². The number of thiazole rings is 1. The molecule has 140 valence electrons. The average molecular weight is 394 g/mol. The van der Waals surface area contributed by atoms with E-state index in [4.69, 9.17) is 16.3 Å². The van der Waals surface area contributed by atoms with Gasteiger partial charge in [-0.25, -0.2) is 4.98 Å². The summed E-state index contributed by atoms with van der Waals surface area (Å²) in [6.07, 6.45) is 1.46. The smallest absolute Gasteiger partial charge is 0.270 e. The lowest BCUT2D eigenvalue weighted by Gasteiger charge is -2.35. The molecule has 1 fully saturated rings. The van der Waals surface area contributed by atoms with Crippen LogP contribution in [-0.4, -0.2) is 54.2 Å². The number of carbonyl (C=O) groups is 1. The summed E-state index contributed by atoms with van der Waals surface area (Å²) in [7, 11) is 0. The molecule has 0 bridgehead atoms. The molecule has 5 nitrogen and oxygen atoms in total. The van der Waals surface area contributed by atoms with Gasteiger partial charge in [0, 0.05) is 42.1 Å². The molecule has 2 atom stereocenters. The Morgan fingerprint density at radius 3 is 2.69 bits per heavy atom. The summed E-state index contributed by atoms with van der Waals surface area (Å²) < 4.78 is 5.74. The minimum absolute atomic E-state index is 0.120. The first-order valence-electron chi connectivity index (χ1n) is 8.89. The van der Waals surface area contributed by atoms with Crippen molar-refractivity contribution in [2.75, 3.05) is 26.2 Å². The maximum absolute atomic E-state index is 12.3.